The first-order valence-electron chi connectivity index (χ1n) is 13.4. The number of cyclic esters (lactones) is 1. The number of hydrogen-bond acceptors (Lipinski definition) is 5. The van der Waals surface area contributed by atoms with Gasteiger partial charge in [0.15, 0.2) is 5.60 Å². The van der Waals surface area contributed by atoms with E-state index >= 15 is 0 Å². The summed E-state index contributed by atoms with van der Waals surface area (Å²) >= 11 is 0. The Hall–Kier alpha value is -2.18. The van der Waals surface area contributed by atoms with E-state index in [4.69, 9.17) is 14.6 Å². The molecule has 1 aromatic rings. The van der Waals surface area contributed by atoms with E-state index in [0.717, 1.165) is 44.1 Å². The quantitative estimate of drug-likeness (QED) is 0.126. The van der Waals surface area contributed by atoms with Crippen LogP contribution in [0, 0.1) is 0 Å². The molecule has 0 radical (unpaired) electrons. The highest BCUT2D eigenvalue weighted by molar-refractivity contribution is 5.91. The predicted octanol–water partition coefficient (Wildman–Crippen LogP) is 6.35. The van der Waals surface area contributed by atoms with Crippen LogP contribution in [0.15, 0.2) is 42.0 Å². The third-order valence-electron chi connectivity index (χ3n) is 6.58. The van der Waals surface area contributed by atoms with Gasteiger partial charge in [-0.2, -0.15) is 0 Å². The summed E-state index contributed by atoms with van der Waals surface area (Å²) in [6.45, 7) is 0.371. The lowest BCUT2D eigenvalue weighted by Gasteiger charge is -2.24. The van der Waals surface area contributed by atoms with Gasteiger partial charge in [0, 0.05) is 18.4 Å². The standard InChI is InChI=1S/C29H44O6/c30-23-29(24-34-22-25-17-13-12-14-18-25)21-26(28(33)35-29)19-15-10-8-6-4-2-1-3-5-7-9-11-16-20-27(31)32/h12-14,17-19,30H,1-11,15-16,20-24H2,(H,31,32)/b26-19+. The molecule has 35 heavy (non-hydrogen) atoms. The molecule has 6 heteroatoms. The van der Waals surface area contributed by atoms with Gasteiger partial charge in [-0.3, -0.25) is 4.79 Å². The van der Waals surface area contributed by atoms with Crippen molar-refractivity contribution in [3.8, 4) is 0 Å². The molecule has 0 aromatic heterocycles. The number of aliphatic carboxylic acids is 1. The number of carboxylic acids is 1. The maximum atomic E-state index is 12.3. The molecule has 6 nitrogen and oxygen atoms in total. The summed E-state index contributed by atoms with van der Waals surface area (Å²) < 4.78 is 11.3. The van der Waals surface area contributed by atoms with Gasteiger partial charge in [-0.25, -0.2) is 4.79 Å². The Morgan fingerprint density at radius 3 is 2.06 bits per heavy atom. The van der Waals surface area contributed by atoms with Gasteiger partial charge in [-0.1, -0.05) is 101 Å². The molecule has 2 rings (SSSR count). The van der Waals surface area contributed by atoms with Gasteiger partial charge in [0.25, 0.3) is 0 Å². The Kier molecular flexibility index (Phi) is 14.3. The van der Waals surface area contributed by atoms with Gasteiger partial charge in [-0.05, 0) is 24.8 Å². The van der Waals surface area contributed by atoms with Gasteiger partial charge in [0.05, 0.1) is 19.8 Å². The monoisotopic (exact) mass is 488 g/mol. The van der Waals surface area contributed by atoms with E-state index in [2.05, 4.69) is 0 Å². The summed E-state index contributed by atoms with van der Waals surface area (Å²) in [5.74, 6) is -1.02. The first kappa shape index (κ1) is 29.1. The van der Waals surface area contributed by atoms with Crippen LogP contribution < -0.4 is 0 Å². The lowest BCUT2D eigenvalue weighted by Crippen LogP contribution is -2.38. The Balaban J connectivity index is 1.48. The molecule has 0 aliphatic carbocycles. The number of carbonyl (C=O) groups is 2. The van der Waals surface area contributed by atoms with E-state index < -0.39 is 11.6 Å². The van der Waals surface area contributed by atoms with Gasteiger partial charge in [0.2, 0.25) is 0 Å². The Morgan fingerprint density at radius 1 is 0.914 bits per heavy atom. The number of benzene rings is 1. The Morgan fingerprint density at radius 2 is 1.49 bits per heavy atom. The van der Waals surface area contributed by atoms with E-state index in [0.29, 0.717) is 25.0 Å². The zero-order valence-electron chi connectivity index (χ0n) is 21.2. The molecule has 0 spiro atoms. The van der Waals surface area contributed by atoms with Crippen molar-refractivity contribution in [1.29, 1.82) is 0 Å². The highest BCUT2D eigenvalue weighted by Gasteiger charge is 2.43. The number of carboxylic acid groups (broad SMARTS) is 1. The second-order valence-corrected chi connectivity index (χ2v) is 9.79. The third kappa shape index (κ3) is 12.4. The third-order valence-corrected chi connectivity index (χ3v) is 6.58. The molecule has 1 atom stereocenters. The molecule has 0 saturated carbocycles. The molecule has 0 amide bonds. The van der Waals surface area contributed by atoms with E-state index in [1.54, 1.807) is 0 Å². The Labute approximate surface area is 210 Å². The molecule has 1 unspecified atom stereocenters. The minimum Gasteiger partial charge on any atom is -0.481 e. The molecule has 1 saturated heterocycles. The van der Waals surface area contributed by atoms with Crippen molar-refractivity contribution >= 4 is 11.9 Å². The molecule has 1 heterocycles. The fourth-order valence-corrected chi connectivity index (χ4v) is 4.48. The fourth-order valence-electron chi connectivity index (χ4n) is 4.48. The molecule has 1 fully saturated rings. The lowest BCUT2D eigenvalue weighted by atomic mass is 9.98. The number of carbonyl (C=O) groups excluding carboxylic acids is 1. The Bertz CT molecular complexity index is 760. The average molecular weight is 489 g/mol. The number of aliphatic hydroxyl groups excluding tert-OH is 1. The van der Waals surface area contributed by atoms with E-state index in [9.17, 15) is 14.7 Å². The van der Waals surface area contributed by atoms with Crippen LogP contribution in [0.3, 0.4) is 0 Å². The van der Waals surface area contributed by atoms with Crippen molar-refractivity contribution in [2.75, 3.05) is 13.2 Å². The van der Waals surface area contributed by atoms with Crippen LogP contribution >= 0.6 is 0 Å². The molecule has 0 bridgehead atoms. The maximum Gasteiger partial charge on any atom is 0.334 e. The zero-order valence-corrected chi connectivity index (χ0v) is 21.2. The van der Waals surface area contributed by atoms with E-state index in [-0.39, 0.29) is 19.2 Å². The normalized spacial score (nSPS) is 18.8. The van der Waals surface area contributed by atoms with Crippen molar-refractivity contribution in [2.24, 2.45) is 0 Å². The van der Waals surface area contributed by atoms with E-state index in [1.807, 2.05) is 36.4 Å². The minimum absolute atomic E-state index is 0.187. The summed E-state index contributed by atoms with van der Waals surface area (Å²) in [7, 11) is 0. The molecule has 1 aromatic carbocycles. The number of unbranched alkanes of at least 4 members (excludes halogenated alkanes) is 12. The second-order valence-electron chi connectivity index (χ2n) is 9.79. The van der Waals surface area contributed by atoms with Crippen LogP contribution in [0.5, 0.6) is 0 Å². The topological polar surface area (TPSA) is 93.1 Å². The molecule has 1 aliphatic rings. The number of ether oxygens (including phenoxy) is 2. The van der Waals surface area contributed by atoms with Crippen molar-refractivity contribution < 1.29 is 29.3 Å². The van der Waals surface area contributed by atoms with Crippen molar-refractivity contribution in [1.82, 2.24) is 0 Å². The smallest absolute Gasteiger partial charge is 0.334 e. The number of rotatable bonds is 20. The van der Waals surface area contributed by atoms with Crippen molar-refractivity contribution in [3.05, 3.63) is 47.5 Å². The predicted molar refractivity (Wildman–Crippen MR) is 137 cm³/mol. The van der Waals surface area contributed by atoms with Crippen LogP contribution in [-0.2, 0) is 25.7 Å². The fraction of sp³-hybridized carbons (Fsp3) is 0.655. The van der Waals surface area contributed by atoms with Crippen LogP contribution in [0.2, 0.25) is 0 Å². The summed E-state index contributed by atoms with van der Waals surface area (Å²) in [4.78, 5) is 22.8. The van der Waals surface area contributed by atoms with E-state index in [1.165, 1.54) is 44.9 Å². The molecule has 1 aliphatic heterocycles. The molecular formula is C29H44O6. The number of aliphatic hydroxyl groups is 1. The lowest BCUT2D eigenvalue weighted by molar-refractivity contribution is -0.157. The number of esters is 1. The zero-order chi connectivity index (χ0) is 25.2. The van der Waals surface area contributed by atoms with Crippen LogP contribution in [0.4, 0.5) is 0 Å². The first-order chi connectivity index (χ1) is 17.0. The van der Waals surface area contributed by atoms with Crippen molar-refractivity contribution in [3.63, 3.8) is 0 Å². The summed E-state index contributed by atoms with van der Waals surface area (Å²) in [5.41, 5.74) is 0.742. The molecular weight excluding hydrogens is 444 g/mol. The van der Waals surface area contributed by atoms with Gasteiger partial charge in [-0.15, -0.1) is 0 Å². The number of hydrogen-bond donors (Lipinski definition) is 2. The average Bonchev–Trinajstić information content (AvgIpc) is 3.17. The highest BCUT2D eigenvalue weighted by atomic mass is 16.6. The summed E-state index contributed by atoms with van der Waals surface area (Å²) in [5, 5.41) is 18.5. The molecule has 2 N–H and O–H groups in total. The van der Waals surface area contributed by atoms with Gasteiger partial charge >= 0.3 is 11.9 Å². The molecule has 196 valence electrons. The van der Waals surface area contributed by atoms with Gasteiger partial charge < -0.3 is 19.7 Å². The second kappa shape index (κ2) is 17.3. The minimum atomic E-state index is -0.962. The first-order valence-corrected chi connectivity index (χ1v) is 13.4. The maximum absolute atomic E-state index is 12.3. The van der Waals surface area contributed by atoms with Crippen LogP contribution in [0.25, 0.3) is 0 Å². The summed E-state index contributed by atoms with van der Waals surface area (Å²) in [6.07, 6.45) is 17.5. The highest BCUT2D eigenvalue weighted by Crippen LogP contribution is 2.32. The van der Waals surface area contributed by atoms with Gasteiger partial charge in [0.1, 0.15) is 0 Å². The van der Waals surface area contributed by atoms with Crippen LogP contribution in [-0.4, -0.2) is 41.0 Å². The van der Waals surface area contributed by atoms with Crippen molar-refractivity contribution in [2.45, 2.75) is 109 Å². The van der Waals surface area contributed by atoms with Crippen LogP contribution in [0.1, 0.15) is 102 Å². The largest absolute Gasteiger partial charge is 0.481 e. The summed E-state index contributed by atoms with van der Waals surface area (Å²) in [6, 6.07) is 9.82. The SMILES string of the molecule is O=C(O)CCCCCCCCCCCCCC/C=C1\CC(CO)(COCc2ccccc2)OC1=O. The number of allylic oxidation sites excluding steroid dienone is 1.